The fourth-order valence-electron chi connectivity index (χ4n) is 2.35. The molecule has 3 heteroatoms. The lowest BCUT2D eigenvalue weighted by atomic mass is 10.1. The predicted octanol–water partition coefficient (Wildman–Crippen LogP) is 3.60. The molecular weight excluding hydrogens is 218 g/mol. The van der Waals surface area contributed by atoms with E-state index in [9.17, 15) is 4.79 Å². The molecule has 0 radical (unpaired) electrons. The van der Waals surface area contributed by atoms with E-state index in [1.807, 2.05) is 0 Å². The molecule has 0 spiro atoms. The average molecular weight is 237 g/mol. The van der Waals surface area contributed by atoms with Crippen LogP contribution in [0.5, 0.6) is 0 Å². The number of nitrogens with zero attached hydrogens (tertiary/aromatic N) is 1. The number of rotatable bonds is 4. The van der Waals surface area contributed by atoms with Crippen LogP contribution in [0.3, 0.4) is 0 Å². The van der Waals surface area contributed by atoms with E-state index < -0.39 is 0 Å². The normalized spacial score (nSPS) is 20.3. The maximum absolute atomic E-state index is 12.0. The Bertz CT molecular complexity index is 334. The van der Waals surface area contributed by atoms with Crippen LogP contribution < -0.4 is 0 Å². The molecule has 0 aliphatic carbocycles. The van der Waals surface area contributed by atoms with Gasteiger partial charge in [-0.3, -0.25) is 4.79 Å². The van der Waals surface area contributed by atoms with Gasteiger partial charge in [-0.1, -0.05) is 13.3 Å². The first-order valence-electron chi connectivity index (χ1n) is 6.14. The van der Waals surface area contributed by atoms with Crippen molar-refractivity contribution in [1.29, 1.82) is 0 Å². The van der Waals surface area contributed by atoms with Crippen LogP contribution in [0.1, 0.15) is 50.6 Å². The van der Waals surface area contributed by atoms with E-state index in [2.05, 4.69) is 28.7 Å². The summed E-state index contributed by atoms with van der Waals surface area (Å²) in [4.78, 5) is 14.1. The summed E-state index contributed by atoms with van der Waals surface area (Å²) in [7, 11) is 0. The molecule has 1 fully saturated rings. The molecule has 0 N–H and O–H groups in total. The van der Waals surface area contributed by atoms with Crippen LogP contribution in [0.15, 0.2) is 16.8 Å². The van der Waals surface area contributed by atoms with E-state index in [1.54, 1.807) is 11.3 Å². The van der Waals surface area contributed by atoms with E-state index in [0.29, 0.717) is 11.9 Å². The van der Waals surface area contributed by atoms with Crippen LogP contribution in [0, 0.1) is 0 Å². The van der Waals surface area contributed by atoms with Gasteiger partial charge < -0.3 is 4.90 Å². The van der Waals surface area contributed by atoms with Gasteiger partial charge >= 0.3 is 0 Å². The molecule has 16 heavy (non-hydrogen) atoms. The van der Waals surface area contributed by atoms with Crippen LogP contribution in [-0.4, -0.2) is 17.4 Å². The van der Waals surface area contributed by atoms with E-state index in [-0.39, 0.29) is 0 Å². The molecule has 1 amide bonds. The maximum atomic E-state index is 12.0. The molecule has 0 bridgehead atoms. The Labute approximate surface area is 101 Å². The average Bonchev–Trinajstić information content (AvgIpc) is 2.94. The van der Waals surface area contributed by atoms with Crippen molar-refractivity contribution in [3.8, 4) is 0 Å². The Morgan fingerprint density at radius 1 is 1.62 bits per heavy atom. The summed E-state index contributed by atoms with van der Waals surface area (Å²) < 4.78 is 0. The van der Waals surface area contributed by atoms with Gasteiger partial charge in [0.1, 0.15) is 0 Å². The van der Waals surface area contributed by atoms with Gasteiger partial charge in [0.05, 0.1) is 6.04 Å². The summed E-state index contributed by atoms with van der Waals surface area (Å²) in [6.07, 6.45) is 5.12. The molecule has 2 heterocycles. The quantitative estimate of drug-likeness (QED) is 0.783. The minimum absolute atomic E-state index is 0.343. The van der Waals surface area contributed by atoms with Crippen molar-refractivity contribution in [2.45, 2.75) is 45.1 Å². The van der Waals surface area contributed by atoms with Gasteiger partial charge in [-0.15, -0.1) is 0 Å². The van der Waals surface area contributed by atoms with Crippen molar-refractivity contribution in [2.75, 3.05) is 6.54 Å². The zero-order chi connectivity index (χ0) is 11.4. The molecule has 1 aliphatic rings. The minimum Gasteiger partial charge on any atom is -0.336 e. The van der Waals surface area contributed by atoms with Gasteiger partial charge in [-0.25, -0.2) is 0 Å². The number of hydrogen-bond donors (Lipinski definition) is 0. The summed E-state index contributed by atoms with van der Waals surface area (Å²) >= 11 is 1.72. The highest BCUT2D eigenvalue weighted by Crippen LogP contribution is 2.33. The summed E-state index contributed by atoms with van der Waals surface area (Å²) in [6, 6.07) is 2.51. The maximum Gasteiger partial charge on any atom is 0.223 e. The van der Waals surface area contributed by atoms with Crippen LogP contribution in [-0.2, 0) is 4.79 Å². The first-order valence-corrected chi connectivity index (χ1v) is 7.08. The third kappa shape index (κ3) is 2.46. The second-order valence-corrected chi connectivity index (χ2v) is 5.19. The lowest BCUT2D eigenvalue weighted by Gasteiger charge is -2.24. The highest BCUT2D eigenvalue weighted by molar-refractivity contribution is 7.07. The third-order valence-electron chi connectivity index (χ3n) is 3.25. The number of likely N-dealkylation sites (tertiary alicyclic amines) is 1. The van der Waals surface area contributed by atoms with Crippen molar-refractivity contribution in [1.82, 2.24) is 4.90 Å². The largest absolute Gasteiger partial charge is 0.336 e. The Morgan fingerprint density at radius 3 is 3.19 bits per heavy atom. The zero-order valence-corrected chi connectivity index (χ0v) is 10.6. The summed E-state index contributed by atoms with van der Waals surface area (Å²) in [5, 5.41) is 4.28. The third-order valence-corrected chi connectivity index (χ3v) is 3.95. The summed E-state index contributed by atoms with van der Waals surface area (Å²) in [5.41, 5.74) is 1.33. The molecule has 2 rings (SSSR count). The second-order valence-electron chi connectivity index (χ2n) is 4.41. The van der Waals surface area contributed by atoms with Gasteiger partial charge in [0.25, 0.3) is 0 Å². The number of thiophene rings is 1. The molecule has 0 saturated carbocycles. The van der Waals surface area contributed by atoms with Gasteiger partial charge in [0.2, 0.25) is 5.91 Å². The molecular formula is C13H19NOS. The molecule has 1 saturated heterocycles. The fourth-order valence-corrected chi connectivity index (χ4v) is 3.06. The SMILES string of the molecule is CCCCC(=O)N1CCCC1c1ccsc1. The topological polar surface area (TPSA) is 20.3 Å². The van der Waals surface area contributed by atoms with Crippen molar-refractivity contribution in [2.24, 2.45) is 0 Å². The molecule has 1 unspecified atom stereocenters. The molecule has 0 aromatic carbocycles. The molecule has 1 aromatic rings. The molecule has 1 atom stereocenters. The number of carbonyl (C=O) groups is 1. The van der Waals surface area contributed by atoms with Gasteiger partial charge in [-0.2, -0.15) is 11.3 Å². The van der Waals surface area contributed by atoms with Gasteiger partial charge in [0, 0.05) is 13.0 Å². The van der Waals surface area contributed by atoms with Gasteiger partial charge in [0.15, 0.2) is 0 Å². The van der Waals surface area contributed by atoms with E-state index in [0.717, 1.165) is 38.6 Å². The smallest absolute Gasteiger partial charge is 0.223 e. The Balaban J connectivity index is 2.01. The van der Waals surface area contributed by atoms with E-state index in [4.69, 9.17) is 0 Å². The number of amides is 1. The lowest BCUT2D eigenvalue weighted by molar-refractivity contribution is -0.132. The van der Waals surface area contributed by atoms with Crippen LogP contribution in [0.4, 0.5) is 0 Å². The minimum atomic E-state index is 0.343. The van der Waals surface area contributed by atoms with Crippen LogP contribution in [0.25, 0.3) is 0 Å². The van der Waals surface area contributed by atoms with Crippen molar-refractivity contribution < 1.29 is 4.79 Å². The number of unbranched alkanes of at least 4 members (excludes halogenated alkanes) is 1. The van der Waals surface area contributed by atoms with Gasteiger partial charge in [-0.05, 0) is 41.7 Å². The monoisotopic (exact) mass is 237 g/mol. The first kappa shape index (κ1) is 11.6. The summed E-state index contributed by atoms with van der Waals surface area (Å²) in [5.74, 6) is 0.343. The molecule has 1 aliphatic heterocycles. The Kier molecular flexibility index (Phi) is 3.99. The lowest BCUT2D eigenvalue weighted by Crippen LogP contribution is -2.30. The van der Waals surface area contributed by atoms with Crippen LogP contribution >= 0.6 is 11.3 Å². The van der Waals surface area contributed by atoms with E-state index in [1.165, 1.54) is 5.56 Å². The highest BCUT2D eigenvalue weighted by Gasteiger charge is 2.29. The Hall–Kier alpha value is -0.830. The number of carbonyl (C=O) groups excluding carboxylic acids is 1. The summed E-state index contributed by atoms with van der Waals surface area (Å²) in [6.45, 7) is 3.08. The molecule has 2 nitrogen and oxygen atoms in total. The first-order chi connectivity index (χ1) is 7.83. The van der Waals surface area contributed by atoms with Crippen molar-refractivity contribution in [3.63, 3.8) is 0 Å². The van der Waals surface area contributed by atoms with Crippen molar-refractivity contribution in [3.05, 3.63) is 22.4 Å². The Morgan fingerprint density at radius 2 is 2.50 bits per heavy atom. The van der Waals surface area contributed by atoms with Crippen LogP contribution in [0.2, 0.25) is 0 Å². The number of hydrogen-bond acceptors (Lipinski definition) is 2. The fraction of sp³-hybridized carbons (Fsp3) is 0.615. The van der Waals surface area contributed by atoms with E-state index >= 15 is 0 Å². The second kappa shape index (κ2) is 5.48. The predicted molar refractivity (Wildman–Crippen MR) is 67.5 cm³/mol. The standard InChI is InChI=1S/C13H19NOS/c1-2-3-6-13(15)14-8-4-5-12(14)11-7-9-16-10-11/h7,9-10,12H,2-6,8H2,1H3. The zero-order valence-electron chi connectivity index (χ0n) is 9.82. The highest BCUT2D eigenvalue weighted by atomic mass is 32.1. The van der Waals surface area contributed by atoms with Crippen molar-refractivity contribution >= 4 is 17.2 Å². The molecule has 1 aromatic heterocycles. The molecule has 88 valence electrons.